The Labute approximate surface area is 107 Å². The molecule has 0 bridgehead atoms. The van der Waals surface area contributed by atoms with Crippen molar-refractivity contribution in [3.05, 3.63) is 48.3 Å². The number of nitrogens with zero attached hydrogens (tertiary/aromatic N) is 2. The van der Waals surface area contributed by atoms with E-state index in [-0.39, 0.29) is 6.04 Å². The molecule has 1 atom stereocenters. The van der Waals surface area contributed by atoms with Crippen LogP contribution in [0.2, 0.25) is 0 Å². The van der Waals surface area contributed by atoms with Crippen LogP contribution in [0.4, 0.5) is 5.95 Å². The summed E-state index contributed by atoms with van der Waals surface area (Å²) in [5.41, 5.74) is 1.30. The highest BCUT2D eigenvalue weighted by molar-refractivity contribution is 5.29. The molecule has 0 saturated carbocycles. The Balaban J connectivity index is 1.92. The molecule has 4 heteroatoms. The number of aromatic nitrogens is 2. The van der Waals surface area contributed by atoms with Gasteiger partial charge in [-0.15, -0.1) is 0 Å². The van der Waals surface area contributed by atoms with Gasteiger partial charge in [-0.2, -0.15) is 0 Å². The maximum atomic E-state index is 5.02. The maximum absolute atomic E-state index is 5.02. The van der Waals surface area contributed by atoms with Gasteiger partial charge in [0, 0.05) is 6.04 Å². The molecule has 0 aliphatic rings. The lowest BCUT2D eigenvalue weighted by atomic mass is 10.1. The van der Waals surface area contributed by atoms with E-state index in [1.165, 1.54) is 5.56 Å². The van der Waals surface area contributed by atoms with Crippen molar-refractivity contribution < 1.29 is 4.74 Å². The van der Waals surface area contributed by atoms with Gasteiger partial charge in [0.2, 0.25) is 5.95 Å². The number of ether oxygens (including phenoxy) is 1. The standard InChI is InChI=1S/C14H17N3O/c1-11(8-12-6-4-3-5-7-12)17-14-15-9-13(18-2)10-16-14/h3-7,9-11H,8H2,1-2H3,(H,15,16,17). The van der Waals surface area contributed by atoms with E-state index in [4.69, 9.17) is 4.74 Å². The van der Waals surface area contributed by atoms with Crippen LogP contribution in [0.3, 0.4) is 0 Å². The molecule has 0 saturated heterocycles. The molecule has 94 valence electrons. The topological polar surface area (TPSA) is 47.0 Å². The number of hydrogen-bond acceptors (Lipinski definition) is 4. The molecule has 1 heterocycles. The van der Waals surface area contributed by atoms with E-state index in [9.17, 15) is 0 Å². The summed E-state index contributed by atoms with van der Waals surface area (Å²) in [6.07, 6.45) is 4.26. The number of benzene rings is 1. The zero-order chi connectivity index (χ0) is 12.8. The molecule has 0 amide bonds. The van der Waals surface area contributed by atoms with Gasteiger partial charge in [-0.25, -0.2) is 9.97 Å². The predicted molar refractivity (Wildman–Crippen MR) is 71.8 cm³/mol. The average Bonchev–Trinajstić information content (AvgIpc) is 2.40. The number of nitrogens with one attached hydrogen (secondary N) is 1. The monoisotopic (exact) mass is 243 g/mol. The number of anilines is 1. The van der Waals surface area contributed by atoms with Crippen LogP contribution < -0.4 is 10.1 Å². The molecule has 1 aromatic carbocycles. The first kappa shape index (κ1) is 12.4. The lowest BCUT2D eigenvalue weighted by molar-refractivity contribution is 0.411. The van der Waals surface area contributed by atoms with Crippen LogP contribution in [-0.2, 0) is 6.42 Å². The third-order valence-corrected chi connectivity index (χ3v) is 2.62. The fourth-order valence-corrected chi connectivity index (χ4v) is 1.74. The summed E-state index contributed by atoms with van der Waals surface area (Å²) in [4.78, 5) is 8.37. The first-order chi connectivity index (χ1) is 8.78. The Morgan fingerprint density at radius 2 is 1.83 bits per heavy atom. The van der Waals surface area contributed by atoms with Crippen molar-refractivity contribution in [3.63, 3.8) is 0 Å². The second kappa shape index (κ2) is 6.00. The molecule has 0 radical (unpaired) electrons. The molecule has 18 heavy (non-hydrogen) atoms. The third kappa shape index (κ3) is 3.45. The first-order valence-electron chi connectivity index (χ1n) is 5.94. The molecule has 0 spiro atoms. The summed E-state index contributed by atoms with van der Waals surface area (Å²) >= 11 is 0. The summed E-state index contributed by atoms with van der Waals surface area (Å²) in [7, 11) is 1.60. The lowest BCUT2D eigenvalue weighted by Gasteiger charge is -2.13. The van der Waals surface area contributed by atoms with E-state index >= 15 is 0 Å². The Hall–Kier alpha value is -2.10. The van der Waals surface area contributed by atoms with Crippen LogP contribution in [0.25, 0.3) is 0 Å². The summed E-state index contributed by atoms with van der Waals surface area (Å²) in [5.74, 6) is 1.29. The Morgan fingerprint density at radius 1 is 1.17 bits per heavy atom. The molecule has 1 N–H and O–H groups in total. The van der Waals surface area contributed by atoms with E-state index < -0.39 is 0 Å². The van der Waals surface area contributed by atoms with E-state index in [1.54, 1.807) is 19.5 Å². The minimum atomic E-state index is 0.279. The maximum Gasteiger partial charge on any atom is 0.223 e. The second-order valence-corrected chi connectivity index (χ2v) is 4.18. The smallest absolute Gasteiger partial charge is 0.223 e. The third-order valence-electron chi connectivity index (χ3n) is 2.62. The Bertz CT molecular complexity index is 470. The molecule has 2 rings (SSSR count). The van der Waals surface area contributed by atoms with Gasteiger partial charge in [0.15, 0.2) is 5.75 Å². The minimum absolute atomic E-state index is 0.279. The van der Waals surface area contributed by atoms with Crippen LogP contribution >= 0.6 is 0 Å². The van der Waals surface area contributed by atoms with Gasteiger partial charge in [0.25, 0.3) is 0 Å². The molecule has 2 aromatic rings. The van der Waals surface area contributed by atoms with E-state index in [2.05, 4.69) is 34.3 Å². The van der Waals surface area contributed by atoms with E-state index in [0.717, 1.165) is 6.42 Å². The van der Waals surface area contributed by atoms with Gasteiger partial charge in [-0.3, -0.25) is 0 Å². The quantitative estimate of drug-likeness (QED) is 0.876. The van der Waals surface area contributed by atoms with Crippen LogP contribution in [-0.4, -0.2) is 23.1 Å². The molecule has 0 aliphatic heterocycles. The molecule has 1 unspecified atom stereocenters. The van der Waals surface area contributed by atoms with Gasteiger partial charge in [-0.05, 0) is 18.9 Å². The Morgan fingerprint density at radius 3 is 2.44 bits per heavy atom. The van der Waals surface area contributed by atoms with Crippen molar-refractivity contribution >= 4 is 5.95 Å². The van der Waals surface area contributed by atoms with Crippen LogP contribution in [0, 0.1) is 0 Å². The van der Waals surface area contributed by atoms with Crippen LogP contribution in [0.1, 0.15) is 12.5 Å². The van der Waals surface area contributed by atoms with Crippen LogP contribution in [0.15, 0.2) is 42.7 Å². The van der Waals surface area contributed by atoms with Crippen molar-refractivity contribution in [1.29, 1.82) is 0 Å². The van der Waals surface area contributed by atoms with Crippen molar-refractivity contribution in [2.45, 2.75) is 19.4 Å². The lowest BCUT2D eigenvalue weighted by Crippen LogP contribution is -2.19. The zero-order valence-corrected chi connectivity index (χ0v) is 10.6. The summed E-state index contributed by atoms with van der Waals surface area (Å²) in [6.45, 7) is 2.11. The highest BCUT2D eigenvalue weighted by Gasteiger charge is 2.05. The molecular weight excluding hydrogens is 226 g/mol. The van der Waals surface area contributed by atoms with Gasteiger partial charge in [0.1, 0.15) is 0 Å². The second-order valence-electron chi connectivity index (χ2n) is 4.18. The van der Waals surface area contributed by atoms with Crippen molar-refractivity contribution in [2.75, 3.05) is 12.4 Å². The SMILES string of the molecule is COc1cnc(NC(C)Cc2ccccc2)nc1. The highest BCUT2D eigenvalue weighted by Crippen LogP contribution is 2.10. The van der Waals surface area contributed by atoms with Crippen molar-refractivity contribution in [2.24, 2.45) is 0 Å². The molecule has 1 aromatic heterocycles. The van der Waals surface area contributed by atoms with Gasteiger partial charge >= 0.3 is 0 Å². The van der Waals surface area contributed by atoms with E-state index in [0.29, 0.717) is 11.7 Å². The number of hydrogen-bond donors (Lipinski definition) is 1. The van der Waals surface area contributed by atoms with Gasteiger partial charge in [0.05, 0.1) is 19.5 Å². The summed E-state index contributed by atoms with van der Waals surface area (Å²) in [5, 5.41) is 3.26. The summed E-state index contributed by atoms with van der Waals surface area (Å²) < 4.78 is 5.02. The van der Waals surface area contributed by atoms with Crippen LogP contribution in [0.5, 0.6) is 5.75 Å². The number of methoxy groups -OCH3 is 1. The Kier molecular flexibility index (Phi) is 4.12. The van der Waals surface area contributed by atoms with Crippen molar-refractivity contribution in [3.8, 4) is 5.75 Å². The van der Waals surface area contributed by atoms with Gasteiger partial charge < -0.3 is 10.1 Å². The number of rotatable bonds is 5. The largest absolute Gasteiger partial charge is 0.494 e. The minimum Gasteiger partial charge on any atom is -0.494 e. The molecular formula is C14H17N3O. The highest BCUT2D eigenvalue weighted by atomic mass is 16.5. The fourth-order valence-electron chi connectivity index (χ4n) is 1.74. The molecule has 4 nitrogen and oxygen atoms in total. The zero-order valence-electron chi connectivity index (χ0n) is 10.6. The fraction of sp³-hybridized carbons (Fsp3) is 0.286. The predicted octanol–water partition coefficient (Wildman–Crippen LogP) is 2.53. The summed E-state index contributed by atoms with van der Waals surface area (Å²) in [6, 6.07) is 10.6. The normalized spacial score (nSPS) is 11.9. The first-order valence-corrected chi connectivity index (χ1v) is 5.94. The molecule has 0 aliphatic carbocycles. The van der Waals surface area contributed by atoms with Gasteiger partial charge in [-0.1, -0.05) is 30.3 Å². The van der Waals surface area contributed by atoms with E-state index in [1.807, 2.05) is 18.2 Å². The average molecular weight is 243 g/mol. The van der Waals surface area contributed by atoms with Crippen molar-refractivity contribution in [1.82, 2.24) is 9.97 Å². The molecule has 0 fully saturated rings.